The van der Waals surface area contributed by atoms with E-state index in [1.54, 1.807) is 43.5 Å². The maximum atomic E-state index is 12.1. The van der Waals surface area contributed by atoms with Crippen molar-refractivity contribution in [2.45, 2.75) is 19.9 Å². The molecule has 0 atom stereocenters. The smallest absolute Gasteiger partial charge is 0.255 e. The van der Waals surface area contributed by atoms with Crippen LogP contribution in [0.2, 0.25) is 0 Å². The monoisotopic (exact) mass is 298 g/mol. The molecule has 114 valence electrons. The molecule has 1 aromatic carbocycles. The van der Waals surface area contributed by atoms with Gasteiger partial charge in [0.25, 0.3) is 5.91 Å². The van der Waals surface area contributed by atoms with Gasteiger partial charge in [0, 0.05) is 24.7 Å². The average molecular weight is 298 g/mol. The fourth-order valence-electron chi connectivity index (χ4n) is 1.81. The second-order valence-electron chi connectivity index (χ2n) is 4.74. The molecule has 6 heteroatoms. The van der Waals surface area contributed by atoms with Crippen LogP contribution in [0.3, 0.4) is 0 Å². The number of nitrogens with two attached hydrogens (primary N) is 1. The molecule has 1 aromatic heterocycles. The summed E-state index contributed by atoms with van der Waals surface area (Å²) in [7, 11) is 0. The van der Waals surface area contributed by atoms with Gasteiger partial charge in [-0.15, -0.1) is 0 Å². The number of rotatable bonds is 5. The minimum Gasteiger partial charge on any atom is -0.396 e. The number of carbonyl (C=O) groups is 2. The molecule has 2 rings (SSSR count). The van der Waals surface area contributed by atoms with E-state index in [0.717, 1.165) is 5.56 Å². The van der Waals surface area contributed by atoms with Crippen LogP contribution in [-0.2, 0) is 11.3 Å². The molecule has 0 unspecified atom stereocenters. The van der Waals surface area contributed by atoms with Crippen molar-refractivity contribution >= 4 is 23.2 Å². The number of amides is 2. The summed E-state index contributed by atoms with van der Waals surface area (Å²) >= 11 is 0. The zero-order chi connectivity index (χ0) is 15.9. The van der Waals surface area contributed by atoms with E-state index in [1.807, 2.05) is 0 Å². The maximum Gasteiger partial charge on any atom is 0.255 e. The van der Waals surface area contributed by atoms with Gasteiger partial charge >= 0.3 is 0 Å². The molecule has 0 aliphatic rings. The van der Waals surface area contributed by atoms with Gasteiger partial charge in [0.05, 0.1) is 17.6 Å². The van der Waals surface area contributed by atoms with E-state index in [2.05, 4.69) is 15.6 Å². The van der Waals surface area contributed by atoms with Crippen LogP contribution in [-0.4, -0.2) is 16.8 Å². The van der Waals surface area contributed by atoms with Crippen LogP contribution in [0.4, 0.5) is 11.4 Å². The highest BCUT2D eigenvalue weighted by atomic mass is 16.2. The van der Waals surface area contributed by atoms with E-state index in [0.29, 0.717) is 29.9 Å². The third-order valence-electron chi connectivity index (χ3n) is 3.13. The van der Waals surface area contributed by atoms with Crippen molar-refractivity contribution in [3.8, 4) is 0 Å². The van der Waals surface area contributed by atoms with Gasteiger partial charge < -0.3 is 16.4 Å². The summed E-state index contributed by atoms with van der Waals surface area (Å²) in [5.74, 6) is -0.253. The molecule has 6 nitrogen and oxygen atoms in total. The molecule has 1 heterocycles. The van der Waals surface area contributed by atoms with Gasteiger partial charge in [0.2, 0.25) is 5.91 Å². The van der Waals surface area contributed by atoms with E-state index in [9.17, 15) is 9.59 Å². The van der Waals surface area contributed by atoms with Crippen LogP contribution < -0.4 is 16.4 Å². The highest BCUT2D eigenvalue weighted by molar-refractivity contribution is 6.05. The standard InChI is InChI=1S/C16H18N4O2/c1-2-15(21)19-9-11-3-5-12(6-4-11)16(22)20-14-7-8-18-10-13(14)17/h3-8,10H,2,9,17H2,1H3,(H,19,21)(H,18,20,22). The fourth-order valence-corrected chi connectivity index (χ4v) is 1.81. The summed E-state index contributed by atoms with van der Waals surface area (Å²) in [5, 5.41) is 5.51. The summed E-state index contributed by atoms with van der Waals surface area (Å²) in [6.07, 6.45) is 3.49. The Kier molecular flexibility index (Phi) is 5.08. The first-order valence-electron chi connectivity index (χ1n) is 6.96. The molecule has 0 bridgehead atoms. The third kappa shape index (κ3) is 4.05. The number of nitrogens with one attached hydrogen (secondary N) is 2. The van der Waals surface area contributed by atoms with Crippen LogP contribution in [0, 0.1) is 0 Å². The first-order valence-corrected chi connectivity index (χ1v) is 6.96. The Morgan fingerprint density at radius 1 is 1.18 bits per heavy atom. The van der Waals surface area contributed by atoms with Crippen LogP contribution in [0.1, 0.15) is 29.3 Å². The highest BCUT2D eigenvalue weighted by Gasteiger charge is 2.08. The van der Waals surface area contributed by atoms with Crippen molar-refractivity contribution in [1.82, 2.24) is 10.3 Å². The number of pyridine rings is 1. The largest absolute Gasteiger partial charge is 0.396 e. The molecule has 0 aliphatic heterocycles. The van der Waals surface area contributed by atoms with Gasteiger partial charge in [-0.05, 0) is 23.8 Å². The number of nitrogens with zero attached hydrogens (tertiary/aromatic N) is 1. The molecule has 0 radical (unpaired) electrons. The normalized spacial score (nSPS) is 10.0. The lowest BCUT2D eigenvalue weighted by atomic mass is 10.1. The molecule has 0 saturated carbocycles. The second-order valence-corrected chi connectivity index (χ2v) is 4.74. The lowest BCUT2D eigenvalue weighted by Gasteiger charge is -2.08. The fraction of sp³-hybridized carbons (Fsp3) is 0.188. The lowest BCUT2D eigenvalue weighted by Crippen LogP contribution is -2.21. The Bertz CT molecular complexity index is 668. The van der Waals surface area contributed by atoms with Crippen molar-refractivity contribution in [3.05, 3.63) is 53.9 Å². The zero-order valence-corrected chi connectivity index (χ0v) is 12.3. The minimum atomic E-state index is -0.248. The van der Waals surface area contributed by atoms with Crippen LogP contribution in [0.5, 0.6) is 0 Å². The van der Waals surface area contributed by atoms with Crippen molar-refractivity contribution in [1.29, 1.82) is 0 Å². The van der Waals surface area contributed by atoms with Crippen molar-refractivity contribution in [2.75, 3.05) is 11.1 Å². The SMILES string of the molecule is CCC(=O)NCc1ccc(C(=O)Nc2ccncc2N)cc1. The zero-order valence-electron chi connectivity index (χ0n) is 12.3. The Balaban J connectivity index is 1.99. The second kappa shape index (κ2) is 7.21. The number of hydrogen-bond donors (Lipinski definition) is 3. The molecule has 0 spiro atoms. The Labute approximate surface area is 128 Å². The summed E-state index contributed by atoms with van der Waals surface area (Å²) in [5.41, 5.74) is 8.12. The number of carbonyl (C=O) groups excluding carboxylic acids is 2. The highest BCUT2D eigenvalue weighted by Crippen LogP contribution is 2.16. The van der Waals surface area contributed by atoms with E-state index in [4.69, 9.17) is 5.73 Å². The number of nitrogen functional groups attached to an aromatic ring is 1. The predicted molar refractivity (Wildman–Crippen MR) is 85.2 cm³/mol. The summed E-state index contributed by atoms with van der Waals surface area (Å²) < 4.78 is 0. The molecule has 2 aromatic rings. The topological polar surface area (TPSA) is 97.1 Å². The van der Waals surface area contributed by atoms with Crippen molar-refractivity contribution in [3.63, 3.8) is 0 Å². The summed E-state index contributed by atoms with van der Waals surface area (Å²) in [4.78, 5) is 27.2. The molecule has 2 amide bonds. The predicted octanol–water partition coefficient (Wildman–Crippen LogP) is 1.94. The van der Waals surface area contributed by atoms with Crippen LogP contribution in [0.25, 0.3) is 0 Å². The maximum absolute atomic E-state index is 12.1. The average Bonchev–Trinajstić information content (AvgIpc) is 2.55. The number of benzene rings is 1. The third-order valence-corrected chi connectivity index (χ3v) is 3.13. The molecule has 0 saturated heterocycles. The van der Waals surface area contributed by atoms with Gasteiger partial charge in [-0.25, -0.2) is 0 Å². The minimum absolute atomic E-state index is 0.00465. The molecular formula is C16H18N4O2. The van der Waals surface area contributed by atoms with Crippen LogP contribution in [0.15, 0.2) is 42.7 Å². The van der Waals surface area contributed by atoms with E-state index in [1.165, 1.54) is 6.20 Å². The van der Waals surface area contributed by atoms with Gasteiger partial charge in [-0.3, -0.25) is 14.6 Å². The summed E-state index contributed by atoms with van der Waals surface area (Å²) in [6, 6.07) is 8.67. The van der Waals surface area contributed by atoms with E-state index < -0.39 is 0 Å². The summed E-state index contributed by atoms with van der Waals surface area (Å²) in [6.45, 7) is 2.25. The molecule has 0 aliphatic carbocycles. The Hall–Kier alpha value is -2.89. The first-order chi connectivity index (χ1) is 10.6. The molecule has 4 N–H and O–H groups in total. The Morgan fingerprint density at radius 2 is 1.91 bits per heavy atom. The van der Waals surface area contributed by atoms with Crippen molar-refractivity contribution in [2.24, 2.45) is 0 Å². The Morgan fingerprint density at radius 3 is 2.55 bits per heavy atom. The quantitative estimate of drug-likeness (QED) is 0.785. The van der Waals surface area contributed by atoms with Gasteiger partial charge in [-0.1, -0.05) is 19.1 Å². The number of anilines is 2. The first kappa shape index (κ1) is 15.5. The number of hydrogen-bond acceptors (Lipinski definition) is 4. The van der Waals surface area contributed by atoms with E-state index >= 15 is 0 Å². The molecular weight excluding hydrogens is 280 g/mol. The van der Waals surface area contributed by atoms with Gasteiger partial charge in [0.1, 0.15) is 0 Å². The lowest BCUT2D eigenvalue weighted by molar-refractivity contribution is -0.120. The van der Waals surface area contributed by atoms with Crippen LogP contribution >= 0.6 is 0 Å². The molecule has 22 heavy (non-hydrogen) atoms. The van der Waals surface area contributed by atoms with Gasteiger partial charge in [-0.2, -0.15) is 0 Å². The molecule has 0 fully saturated rings. The van der Waals surface area contributed by atoms with Crippen molar-refractivity contribution < 1.29 is 9.59 Å². The van der Waals surface area contributed by atoms with Gasteiger partial charge in [0.15, 0.2) is 0 Å². The van der Waals surface area contributed by atoms with E-state index in [-0.39, 0.29) is 11.8 Å². The number of aromatic nitrogens is 1.